The van der Waals surface area contributed by atoms with Crippen molar-refractivity contribution in [3.63, 3.8) is 0 Å². The van der Waals surface area contributed by atoms with Crippen molar-refractivity contribution in [3.8, 4) is 5.75 Å². The maximum Gasteiger partial charge on any atom is 0.269 e. The quantitative estimate of drug-likeness (QED) is 0.287. The highest BCUT2D eigenvalue weighted by molar-refractivity contribution is 6.30. The van der Waals surface area contributed by atoms with Gasteiger partial charge < -0.3 is 9.64 Å². The number of nitro benzene ring substituents is 1. The largest absolute Gasteiger partial charge is 0.497 e. The van der Waals surface area contributed by atoms with E-state index >= 15 is 0 Å². The van der Waals surface area contributed by atoms with Crippen LogP contribution < -0.4 is 9.80 Å². The smallest absolute Gasteiger partial charge is 0.269 e. The van der Waals surface area contributed by atoms with Crippen LogP contribution in [0.4, 0.5) is 11.4 Å². The molecule has 2 aliphatic rings. The van der Waals surface area contributed by atoms with Gasteiger partial charge in [0.15, 0.2) is 0 Å². The average molecular weight is 522 g/mol. The van der Waals surface area contributed by atoms with Crippen molar-refractivity contribution < 1.29 is 19.3 Å². The molecule has 0 unspecified atom stereocenters. The molecule has 0 bridgehead atoms. The highest BCUT2D eigenvalue weighted by atomic mass is 35.5. The Morgan fingerprint density at radius 3 is 2.16 bits per heavy atom. The molecule has 1 amide bonds. The number of anilines is 1. The SMILES string of the molecule is COc1ccc([C@H]2ON(c3ccc(Cl)cc3)[C@@H](c3ccc([N+](=O)[O-])cc3)[C@@H]2C(=O)N2CCCCC2)cc1. The number of nitrogens with zero attached hydrogens (tertiary/aromatic N) is 3. The van der Waals surface area contributed by atoms with Crippen molar-refractivity contribution in [2.24, 2.45) is 5.92 Å². The lowest BCUT2D eigenvalue weighted by Crippen LogP contribution is -2.42. The summed E-state index contributed by atoms with van der Waals surface area (Å²) in [5, 5.41) is 13.6. The minimum Gasteiger partial charge on any atom is -0.497 e. The van der Waals surface area contributed by atoms with E-state index in [9.17, 15) is 14.9 Å². The highest BCUT2D eigenvalue weighted by Crippen LogP contribution is 2.50. The van der Waals surface area contributed by atoms with E-state index in [4.69, 9.17) is 21.2 Å². The lowest BCUT2D eigenvalue weighted by molar-refractivity contribution is -0.384. The first-order valence-corrected chi connectivity index (χ1v) is 12.7. The fourth-order valence-corrected chi connectivity index (χ4v) is 5.29. The molecular weight excluding hydrogens is 494 g/mol. The van der Waals surface area contributed by atoms with Gasteiger partial charge in [0.1, 0.15) is 11.9 Å². The van der Waals surface area contributed by atoms with Crippen molar-refractivity contribution in [2.45, 2.75) is 31.4 Å². The third-order valence-electron chi connectivity index (χ3n) is 7.07. The first kappa shape index (κ1) is 25.0. The number of nitro groups is 1. The van der Waals surface area contributed by atoms with E-state index in [1.54, 1.807) is 36.4 Å². The van der Waals surface area contributed by atoms with E-state index in [-0.39, 0.29) is 11.6 Å². The molecule has 0 spiro atoms. The number of carbonyl (C=O) groups excluding carboxylic acids is 1. The Kier molecular flexibility index (Phi) is 7.30. The molecule has 3 aromatic carbocycles. The molecule has 3 aromatic rings. The Balaban J connectivity index is 1.62. The van der Waals surface area contributed by atoms with Crippen molar-refractivity contribution in [3.05, 3.63) is 99.1 Å². The summed E-state index contributed by atoms with van der Waals surface area (Å²) in [6, 6.07) is 20.6. The first-order chi connectivity index (χ1) is 18.0. The molecule has 3 atom stereocenters. The molecule has 8 nitrogen and oxygen atoms in total. The zero-order valence-electron chi connectivity index (χ0n) is 20.5. The van der Waals surface area contributed by atoms with E-state index in [0.29, 0.717) is 23.9 Å². The number of hydroxylamine groups is 1. The summed E-state index contributed by atoms with van der Waals surface area (Å²) in [6.45, 7) is 1.41. The predicted octanol–water partition coefficient (Wildman–Crippen LogP) is 6.12. The highest BCUT2D eigenvalue weighted by Gasteiger charge is 2.50. The molecule has 9 heteroatoms. The number of hydrogen-bond acceptors (Lipinski definition) is 6. The lowest BCUT2D eigenvalue weighted by Gasteiger charge is -2.33. The molecule has 2 heterocycles. The number of halogens is 1. The van der Waals surface area contributed by atoms with E-state index in [2.05, 4.69) is 0 Å². The summed E-state index contributed by atoms with van der Waals surface area (Å²) in [5.74, 6) is 0.145. The summed E-state index contributed by atoms with van der Waals surface area (Å²) in [6.07, 6.45) is 2.47. The van der Waals surface area contributed by atoms with Gasteiger partial charge in [0.05, 0.1) is 29.7 Å². The Bertz CT molecular complexity index is 1240. The normalized spacial score (nSPS) is 21.6. The molecule has 0 saturated carbocycles. The van der Waals surface area contributed by atoms with E-state index in [0.717, 1.165) is 36.1 Å². The summed E-state index contributed by atoms with van der Waals surface area (Å²) in [4.78, 5) is 33.6. The van der Waals surface area contributed by atoms with Gasteiger partial charge in [0.2, 0.25) is 5.91 Å². The topological polar surface area (TPSA) is 85.1 Å². The van der Waals surface area contributed by atoms with Gasteiger partial charge in [0.25, 0.3) is 5.69 Å². The third-order valence-corrected chi connectivity index (χ3v) is 7.32. The van der Waals surface area contributed by atoms with Crippen LogP contribution in [0.3, 0.4) is 0 Å². The number of ether oxygens (including phenoxy) is 1. The molecular formula is C28H28ClN3O5. The molecule has 5 rings (SSSR count). The fourth-order valence-electron chi connectivity index (χ4n) is 5.16. The molecule has 0 radical (unpaired) electrons. The fraction of sp³-hybridized carbons (Fsp3) is 0.321. The van der Waals surface area contributed by atoms with Crippen LogP contribution in [0.2, 0.25) is 5.02 Å². The van der Waals surface area contributed by atoms with Gasteiger partial charge >= 0.3 is 0 Å². The molecule has 0 aromatic heterocycles. The number of benzene rings is 3. The summed E-state index contributed by atoms with van der Waals surface area (Å²) >= 11 is 6.16. The van der Waals surface area contributed by atoms with Crippen LogP contribution in [0.5, 0.6) is 5.75 Å². The maximum atomic E-state index is 14.2. The molecule has 192 valence electrons. The number of piperidine rings is 1. The Morgan fingerprint density at radius 2 is 1.57 bits per heavy atom. The Labute approximate surface area is 220 Å². The Hall–Kier alpha value is -3.62. The van der Waals surface area contributed by atoms with Gasteiger partial charge in [-0.2, -0.15) is 0 Å². The monoisotopic (exact) mass is 521 g/mol. The zero-order chi connectivity index (χ0) is 25.9. The van der Waals surface area contributed by atoms with E-state index in [1.165, 1.54) is 12.1 Å². The van der Waals surface area contributed by atoms with Crippen LogP contribution in [0.25, 0.3) is 0 Å². The van der Waals surface area contributed by atoms with Gasteiger partial charge in [-0.25, -0.2) is 5.06 Å². The predicted molar refractivity (Wildman–Crippen MR) is 141 cm³/mol. The summed E-state index contributed by atoms with van der Waals surface area (Å²) in [7, 11) is 1.61. The van der Waals surface area contributed by atoms with Crippen LogP contribution in [0.1, 0.15) is 42.5 Å². The van der Waals surface area contributed by atoms with E-state index in [1.807, 2.05) is 41.3 Å². The van der Waals surface area contributed by atoms with Crippen molar-refractivity contribution in [1.29, 1.82) is 0 Å². The van der Waals surface area contributed by atoms with Gasteiger partial charge in [0, 0.05) is 30.2 Å². The summed E-state index contributed by atoms with van der Waals surface area (Å²) in [5.41, 5.74) is 2.33. The number of carbonyl (C=O) groups is 1. The number of non-ortho nitro benzene ring substituents is 1. The first-order valence-electron chi connectivity index (χ1n) is 12.3. The van der Waals surface area contributed by atoms with Crippen molar-refractivity contribution in [2.75, 3.05) is 25.3 Å². The number of hydrogen-bond donors (Lipinski definition) is 0. The Morgan fingerprint density at radius 1 is 0.946 bits per heavy atom. The van der Waals surface area contributed by atoms with Crippen LogP contribution in [-0.2, 0) is 9.63 Å². The molecule has 2 aliphatic heterocycles. The number of rotatable bonds is 6. The second-order valence-electron chi connectivity index (χ2n) is 9.31. The van der Waals surface area contributed by atoms with Crippen molar-refractivity contribution in [1.82, 2.24) is 4.90 Å². The molecule has 37 heavy (non-hydrogen) atoms. The zero-order valence-corrected chi connectivity index (χ0v) is 21.2. The number of amides is 1. The number of methoxy groups -OCH3 is 1. The third kappa shape index (κ3) is 5.12. The average Bonchev–Trinajstić information content (AvgIpc) is 3.34. The second kappa shape index (κ2) is 10.8. The van der Waals surface area contributed by atoms with Crippen LogP contribution in [0.15, 0.2) is 72.8 Å². The molecule has 2 fully saturated rings. The second-order valence-corrected chi connectivity index (χ2v) is 9.74. The molecule has 2 saturated heterocycles. The van der Waals surface area contributed by atoms with Gasteiger partial charge in [-0.1, -0.05) is 35.9 Å². The number of likely N-dealkylation sites (tertiary alicyclic amines) is 1. The molecule has 0 aliphatic carbocycles. The van der Waals surface area contributed by atoms with Gasteiger partial charge in [-0.3, -0.25) is 19.7 Å². The minimum atomic E-state index is -0.580. The minimum absolute atomic E-state index is 0.00804. The van der Waals surface area contributed by atoms with E-state index < -0.39 is 23.0 Å². The van der Waals surface area contributed by atoms with Crippen LogP contribution in [-0.4, -0.2) is 35.9 Å². The standard InChI is InChI=1S/C28H28ClN3O5/c1-36-24-15-7-20(8-16-24)27-25(28(33)30-17-3-2-4-18-30)26(19-5-11-23(12-6-19)32(34)35)31(37-27)22-13-9-21(29)10-14-22/h5-16,25-27H,2-4,17-18H2,1H3/t25-,26-,27+/m0/s1. The summed E-state index contributed by atoms with van der Waals surface area (Å²) < 4.78 is 5.33. The lowest BCUT2D eigenvalue weighted by atomic mass is 9.84. The van der Waals surface area contributed by atoms with Crippen LogP contribution >= 0.6 is 11.6 Å². The van der Waals surface area contributed by atoms with Gasteiger partial charge in [-0.05, 0) is 66.8 Å². The molecule has 0 N–H and O–H groups in total. The van der Waals surface area contributed by atoms with Crippen molar-refractivity contribution >= 4 is 28.9 Å². The van der Waals surface area contributed by atoms with Gasteiger partial charge in [-0.15, -0.1) is 0 Å². The maximum absolute atomic E-state index is 14.2. The van der Waals surface area contributed by atoms with Crippen LogP contribution in [0, 0.1) is 16.0 Å².